The maximum absolute atomic E-state index is 8.09. The number of ether oxygens (including phenoxy) is 2. The summed E-state index contributed by atoms with van der Waals surface area (Å²) in [5, 5.41) is 32.3. The van der Waals surface area contributed by atoms with Gasteiger partial charge in [-0.1, -0.05) is 0 Å². The van der Waals surface area contributed by atoms with Gasteiger partial charge >= 0.3 is 0 Å². The fraction of sp³-hybridized carbons (Fsp3) is 1.00. The Morgan fingerprint density at radius 1 is 0.533 bits per heavy atom. The van der Waals surface area contributed by atoms with Crippen LogP contribution in [0.3, 0.4) is 0 Å². The zero-order valence-corrected chi connectivity index (χ0v) is 11.7. The molecule has 6 nitrogen and oxygen atoms in total. The van der Waals surface area contributed by atoms with Crippen molar-refractivity contribution in [1.82, 2.24) is 0 Å². The van der Waals surface area contributed by atoms with Gasteiger partial charge in [0.25, 0.3) is 0 Å². The molecule has 0 aromatic carbocycles. The second-order valence-electron chi connectivity index (χ2n) is 2.12. The van der Waals surface area contributed by atoms with Crippen molar-refractivity contribution in [2.75, 3.05) is 52.9 Å². The third-order valence-electron chi connectivity index (χ3n) is 0.942. The van der Waals surface area contributed by atoms with Crippen LogP contribution in [-0.4, -0.2) is 73.3 Å². The van der Waals surface area contributed by atoms with Crippen LogP contribution in [0.2, 0.25) is 0 Å². The summed E-state index contributed by atoms with van der Waals surface area (Å²) >= 11 is 0. The molecule has 0 aliphatic carbocycles. The summed E-state index contributed by atoms with van der Waals surface area (Å²) in [5.41, 5.74) is 0. The molecule has 15 heavy (non-hydrogen) atoms. The molecule has 0 aromatic heterocycles. The molecule has 0 fully saturated rings. The molecule has 0 saturated heterocycles. The summed E-state index contributed by atoms with van der Waals surface area (Å²) in [5.74, 6) is 0. The standard InChI is InChI=1S/2C4H10O3.Y/c2*5-1-3-7-4-2-6;/h2*5-6H,1-4H2;. The minimum atomic E-state index is 0. The maximum Gasteiger partial charge on any atom is 0.0698 e. The second kappa shape index (κ2) is 24.2. The quantitative estimate of drug-likeness (QED) is 0.386. The summed E-state index contributed by atoms with van der Waals surface area (Å²) < 4.78 is 9.26. The van der Waals surface area contributed by atoms with Crippen molar-refractivity contribution < 1.29 is 62.6 Å². The molecule has 4 N–H and O–H groups in total. The van der Waals surface area contributed by atoms with E-state index in [0.717, 1.165) is 0 Å². The SMILES string of the molecule is OCCOCCO.OCCOCCO.[Y]. The van der Waals surface area contributed by atoms with Crippen LogP contribution in [0.4, 0.5) is 0 Å². The largest absolute Gasteiger partial charge is 0.394 e. The van der Waals surface area contributed by atoms with Crippen LogP contribution >= 0.6 is 0 Å². The van der Waals surface area contributed by atoms with Gasteiger partial charge < -0.3 is 29.9 Å². The van der Waals surface area contributed by atoms with Crippen molar-refractivity contribution in [3.8, 4) is 0 Å². The van der Waals surface area contributed by atoms with Crippen LogP contribution in [0.5, 0.6) is 0 Å². The molecule has 0 aliphatic rings. The first-order valence-corrected chi connectivity index (χ1v) is 4.42. The number of hydrogen-bond acceptors (Lipinski definition) is 6. The first-order chi connectivity index (χ1) is 6.83. The number of rotatable bonds is 8. The zero-order valence-electron chi connectivity index (χ0n) is 8.84. The zero-order chi connectivity index (χ0) is 11.1. The summed E-state index contributed by atoms with van der Waals surface area (Å²) in [6.07, 6.45) is 0. The Bertz CT molecular complexity index is 67.5. The van der Waals surface area contributed by atoms with Crippen LogP contribution < -0.4 is 0 Å². The molecule has 0 spiro atoms. The van der Waals surface area contributed by atoms with Gasteiger partial charge in [-0.15, -0.1) is 0 Å². The van der Waals surface area contributed by atoms with Crippen molar-refractivity contribution in [2.45, 2.75) is 0 Å². The van der Waals surface area contributed by atoms with Gasteiger partial charge in [-0.2, -0.15) is 0 Å². The Hall–Kier alpha value is 0.864. The number of aliphatic hydroxyl groups is 4. The van der Waals surface area contributed by atoms with Gasteiger partial charge in [0.15, 0.2) is 0 Å². The van der Waals surface area contributed by atoms with Gasteiger partial charge in [0, 0.05) is 32.7 Å². The van der Waals surface area contributed by atoms with E-state index in [1.807, 2.05) is 0 Å². The normalized spacial score (nSPS) is 8.80. The Morgan fingerprint density at radius 3 is 0.867 bits per heavy atom. The number of hydrogen-bond donors (Lipinski definition) is 4. The summed E-state index contributed by atoms with van der Waals surface area (Å²) in [4.78, 5) is 0. The van der Waals surface area contributed by atoms with Gasteiger partial charge in [-0.25, -0.2) is 0 Å². The topological polar surface area (TPSA) is 99.4 Å². The van der Waals surface area contributed by atoms with Crippen molar-refractivity contribution in [3.05, 3.63) is 0 Å². The molecule has 0 aromatic rings. The third kappa shape index (κ3) is 31.3. The smallest absolute Gasteiger partial charge is 0.0698 e. The Labute approximate surface area is 115 Å². The molecule has 1 radical (unpaired) electrons. The summed E-state index contributed by atoms with van der Waals surface area (Å²) in [6, 6.07) is 0. The van der Waals surface area contributed by atoms with E-state index in [0.29, 0.717) is 26.4 Å². The molecule has 0 atom stereocenters. The van der Waals surface area contributed by atoms with Gasteiger partial charge in [0.05, 0.1) is 52.9 Å². The van der Waals surface area contributed by atoms with Gasteiger partial charge in [-0.3, -0.25) is 0 Å². The minimum absolute atomic E-state index is 0. The van der Waals surface area contributed by atoms with Crippen LogP contribution in [-0.2, 0) is 42.2 Å². The predicted molar refractivity (Wildman–Crippen MR) is 50.0 cm³/mol. The second-order valence-corrected chi connectivity index (χ2v) is 2.12. The Kier molecular flexibility index (Phi) is 34.2. The van der Waals surface area contributed by atoms with E-state index in [2.05, 4.69) is 9.47 Å². The first-order valence-electron chi connectivity index (χ1n) is 4.42. The van der Waals surface area contributed by atoms with E-state index >= 15 is 0 Å². The predicted octanol–water partition coefficient (Wildman–Crippen LogP) is -2.03. The molecular weight excluding hydrogens is 281 g/mol. The fourth-order valence-corrected chi connectivity index (χ4v) is 0.462. The van der Waals surface area contributed by atoms with Crippen LogP contribution in [0.1, 0.15) is 0 Å². The van der Waals surface area contributed by atoms with Gasteiger partial charge in [-0.05, 0) is 0 Å². The van der Waals surface area contributed by atoms with E-state index < -0.39 is 0 Å². The van der Waals surface area contributed by atoms with E-state index in [4.69, 9.17) is 20.4 Å². The van der Waals surface area contributed by atoms with E-state index in [1.165, 1.54) is 0 Å². The van der Waals surface area contributed by atoms with Crippen molar-refractivity contribution in [3.63, 3.8) is 0 Å². The molecule has 0 amide bonds. The van der Waals surface area contributed by atoms with Crippen molar-refractivity contribution in [1.29, 1.82) is 0 Å². The van der Waals surface area contributed by atoms with Crippen LogP contribution in [0.15, 0.2) is 0 Å². The molecule has 0 heterocycles. The molecule has 0 unspecified atom stereocenters. The van der Waals surface area contributed by atoms with E-state index in [1.54, 1.807) is 0 Å². The Morgan fingerprint density at radius 2 is 0.733 bits per heavy atom. The molecule has 0 aliphatic heterocycles. The van der Waals surface area contributed by atoms with Crippen LogP contribution in [0.25, 0.3) is 0 Å². The average molecular weight is 301 g/mol. The molecule has 7 heteroatoms. The third-order valence-corrected chi connectivity index (χ3v) is 0.942. The maximum atomic E-state index is 8.09. The van der Waals surface area contributed by atoms with Gasteiger partial charge in [0.2, 0.25) is 0 Å². The van der Waals surface area contributed by atoms with Gasteiger partial charge in [0.1, 0.15) is 0 Å². The van der Waals surface area contributed by atoms with Crippen LogP contribution in [0, 0.1) is 0 Å². The Balaban J connectivity index is -0.000000180. The van der Waals surface area contributed by atoms with Crippen molar-refractivity contribution >= 4 is 0 Å². The molecule has 91 valence electrons. The minimum Gasteiger partial charge on any atom is -0.394 e. The summed E-state index contributed by atoms with van der Waals surface area (Å²) in [7, 11) is 0. The van der Waals surface area contributed by atoms with E-state index in [9.17, 15) is 0 Å². The van der Waals surface area contributed by atoms with Crippen molar-refractivity contribution in [2.24, 2.45) is 0 Å². The average Bonchev–Trinajstić information content (AvgIpc) is 2.21. The fourth-order valence-electron chi connectivity index (χ4n) is 0.462. The first kappa shape index (κ1) is 21.2. The monoisotopic (exact) mass is 301 g/mol. The molecule has 0 saturated carbocycles. The number of aliphatic hydroxyl groups excluding tert-OH is 4. The summed E-state index contributed by atoms with van der Waals surface area (Å²) in [6.45, 7) is 1.39. The molecule has 0 rings (SSSR count). The molecular formula is C8H20O6Y. The molecule has 0 bridgehead atoms. The van der Waals surface area contributed by atoms with E-state index in [-0.39, 0.29) is 59.1 Å².